The topological polar surface area (TPSA) is 38.3 Å². The molecular formula is C24H33NO2. The van der Waals surface area contributed by atoms with Crippen LogP contribution >= 0.6 is 0 Å². The highest BCUT2D eigenvalue weighted by Crippen LogP contribution is 2.25. The average Bonchev–Trinajstić information content (AvgIpc) is 2.61. The Morgan fingerprint density at radius 1 is 1.04 bits per heavy atom. The van der Waals surface area contributed by atoms with Crippen molar-refractivity contribution in [2.75, 3.05) is 0 Å². The lowest BCUT2D eigenvalue weighted by atomic mass is 9.87. The van der Waals surface area contributed by atoms with Gasteiger partial charge in [-0.2, -0.15) is 0 Å². The van der Waals surface area contributed by atoms with Crippen LogP contribution in [0.4, 0.5) is 0 Å². The second kappa shape index (κ2) is 8.60. The molecule has 0 aliphatic rings. The quantitative estimate of drug-likeness (QED) is 0.718. The normalized spacial score (nSPS) is 13.7. The molecule has 2 rings (SSSR count). The molecule has 2 aromatic carbocycles. The lowest BCUT2D eigenvalue weighted by Gasteiger charge is -2.22. The molecule has 1 amide bonds. The molecule has 0 radical (unpaired) electrons. The summed E-state index contributed by atoms with van der Waals surface area (Å²) in [6.07, 6.45) is 0.117. The van der Waals surface area contributed by atoms with E-state index >= 15 is 0 Å². The first-order valence-corrected chi connectivity index (χ1v) is 9.76. The number of amides is 1. The number of hydrogen-bond donors (Lipinski definition) is 1. The summed E-state index contributed by atoms with van der Waals surface area (Å²) < 4.78 is 5.96. The number of benzene rings is 2. The summed E-state index contributed by atoms with van der Waals surface area (Å²) in [7, 11) is 0. The predicted molar refractivity (Wildman–Crippen MR) is 112 cm³/mol. The fourth-order valence-corrected chi connectivity index (χ4v) is 2.94. The Bertz CT molecular complexity index is 772. The van der Waals surface area contributed by atoms with E-state index < -0.39 is 6.10 Å². The van der Waals surface area contributed by atoms with Gasteiger partial charge in [-0.15, -0.1) is 0 Å². The van der Waals surface area contributed by atoms with Gasteiger partial charge in [0.1, 0.15) is 5.75 Å². The summed E-state index contributed by atoms with van der Waals surface area (Å²) in [6, 6.07) is 14.3. The van der Waals surface area contributed by atoms with Crippen LogP contribution in [0, 0.1) is 13.8 Å². The fourth-order valence-electron chi connectivity index (χ4n) is 2.94. The first-order valence-electron chi connectivity index (χ1n) is 9.76. The minimum Gasteiger partial charge on any atom is -0.481 e. The van der Waals surface area contributed by atoms with E-state index in [-0.39, 0.29) is 17.4 Å². The fraction of sp³-hybridized carbons (Fsp3) is 0.458. The maximum Gasteiger partial charge on any atom is 0.261 e. The molecule has 2 aromatic rings. The van der Waals surface area contributed by atoms with Crippen LogP contribution in [0.15, 0.2) is 42.5 Å². The highest BCUT2D eigenvalue weighted by atomic mass is 16.5. The largest absolute Gasteiger partial charge is 0.481 e. The summed E-state index contributed by atoms with van der Waals surface area (Å²) in [6.45, 7) is 14.7. The minimum absolute atomic E-state index is 0.0577. The van der Waals surface area contributed by atoms with Crippen LogP contribution in [0.3, 0.4) is 0 Å². The molecule has 27 heavy (non-hydrogen) atoms. The smallest absolute Gasteiger partial charge is 0.261 e. The first kappa shape index (κ1) is 21.0. The van der Waals surface area contributed by atoms with Gasteiger partial charge in [-0.1, -0.05) is 58.0 Å². The number of carbonyl (C=O) groups is 1. The van der Waals surface area contributed by atoms with Crippen molar-refractivity contribution < 1.29 is 9.53 Å². The second-order valence-corrected chi connectivity index (χ2v) is 8.36. The molecule has 146 valence electrons. The Hall–Kier alpha value is -2.29. The lowest BCUT2D eigenvalue weighted by molar-refractivity contribution is -0.128. The van der Waals surface area contributed by atoms with E-state index in [1.54, 1.807) is 0 Å². The molecule has 1 N–H and O–H groups in total. The van der Waals surface area contributed by atoms with Crippen molar-refractivity contribution in [3.63, 3.8) is 0 Å². The zero-order chi connectivity index (χ0) is 20.2. The van der Waals surface area contributed by atoms with Crippen LogP contribution < -0.4 is 10.1 Å². The molecule has 0 saturated heterocycles. The van der Waals surface area contributed by atoms with Gasteiger partial charge in [0.05, 0.1) is 6.04 Å². The van der Waals surface area contributed by atoms with Gasteiger partial charge in [-0.3, -0.25) is 4.79 Å². The van der Waals surface area contributed by atoms with Crippen molar-refractivity contribution in [2.45, 2.75) is 72.4 Å². The molecule has 0 fully saturated rings. The summed E-state index contributed by atoms with van der Waals surface area (Å²) in [5, 5.41) is 3.09. The van der Waals surface area contributed by atoms with E-state index in [1.165, 1.54) is 16.7 Å². The van der Waals surface area contributed by atoms with Crippen LogP contribution in [0.25, 0.3) is 0 Å². The molecule has 0 saturated carbocycles. The van der Waals surface area contributed by atoms with Crippen molar-refractivity contribution in [2.24, 2.45) is 0 Å². The number of ether oxygens (including phenoxy) is 1. The lowest BCUT2D eigenvalue weighted by Crippen LogP contribution is -2.39. The molecule has 2 atom stereocenters. The van der Waals surface area contributed by atoms with Crippen LogP contribution in [-0.2, 0) is 10.2 Å². The zero-order valence-corrected chi connectivity index (χ0v) is 17.7. The molecule has 0 aliphatic heterocycles. The van der Waals surface area contributed by atoms with Crippen LogP contribution in [0.5, 0.6) is 5.75 Å². The van der Waals surface area contributed by atoms with E-state index in [4.69, 9.17) is 4.74 Å². The Morgan fingerprint density at radius 2 is 1.67 bits per heavy atom. The molecule has 3 nitrogen and oxygen atoms in total. The zero-order valence-electron chi connectivity index (χ0n) is 17.7. The molecular weight excluding hydrogens is 334 g/mol. The molecule has 0 unspecified atom stereocenters. The Kier molecular flexibility index (Phi) is 6.69. The number of aryl methyl sites for hydroxylation is 2. The first-order chi connectivity index (χ1) is 12.6. The summed E-state index contributed by atoms with van der Waals surface area (Å²) >= 11 is 0. The highest BCUT2D eigenvalue weighted by molar-refractivity contribution is 5.81. The minimum atomic E-state index is -0.500. The number of nitrogens with one attached hydrogen (secondary N) is 1. The van der Waals surface area contributed by atoms with E-state index in [2.05, 4.69) is 70.3 Å². The van der Waals surface area contributed by atoms with Crippen LogP contribution in [0.2, 0.25) is 0 Å². The standard InChI is InChI=1S/C24H33NO2/c1-8-22(27-21-13-11-20(12-14-21)24(5,6)7)23(26)25-18(4)19-10-9-16(2)17(3)15-19/h9-15,18,22H,8H2,1-7H3,(H,25,26)/t18-,22+/m1/s1. The molecule has 0 aliphatic carbocycles. The average molecular weight is 368 g/mol. The maximum absolute atomic E-state index is 12.7. The number of rotatable bonds is 6. The summed E-state index contributed by atoms with van der Waals surface area (Å²) in [5.41, 5.74) is 4.94. The van der Waals surface area contributed by atoms with Crippen LogP contribution in [-0.4, -0.2) is 12.0 Å². The van der Waals surface area contributed by atoms with Crippen molar-refractivity contribution in [3.8, 4) is 5.75 Å². The molecule has 0 spiro atoms. The Balaban J connectivity index is 2.03. The van der Waals surface area contributed by atoms with E-state index in [0.717, 1.165) is 11.3 Å². The molecule has 3 heteroatoms. The van der Waals surface area contributed by atoms with E-state index in [1.807, 2.05) is 26.0 Å². The third kappa shape index (κ3) is 5.59. The van der Waals surface area contributed by atoms with Gasteiger partial charge in [-0.25, -0.2) is 0 Å². The monoisotopic (exact) mass is 367 g/mol. The van der Waals surface area contributed by atoms with Crippen molar-refractivity contribution in [3.05, 3.63) is 64.7 Å². The SMILES string of the molecule is CC[C@H](Oc1ccc(C(C)(C)C)cc1)C(=O)N[C@H](C)c1ccc(C)c(C)c1. The van der Waals surface area contributed by atoms with Gasteiger partial charge in [0.15, 0.2) is 6.10 Å². The highest BCUT2D eigenvalue weighted by Gasteiger charge is 2.21. The van der Waals surface area contributed by atoms with Crippen LogP contribution in [0.1, 0.15) is 69.3 Å². The molecule has 0 bridgehead atoms. The maximum atomic E-state index is 12.7. The number of hydrogen-bond acceptors (Lipinski definition) is 2. The van der Waals surface area contributed by atoms with E-state index in [0.29, 0.717) is 6.42 Å². The van der Waals surface area contributed by atoms with Crippen molar-refractivity contribution >= 4 is 5.91 Å². The molecule has 0 aromatic heterocycles. The van der Waals surface area contributed by atoms with Crippen molar-refractivity contribution in [1.29, 1.82) is 0 Å². The molecule has 0 heterocycles. The van der Waals surface area contributed by atoms with Gasteiger partial charge < -0.3 is 10.1 Å². The van der Waals surface area contributed by atoms with Gasteiger partial charge in [0.25, 0.3) is 5.91 Å². The third-order valence-corrected chi connectivity index (χ3v) is 5.05. The summed E-state index contributed by atoms with van der Waals surface area (Å²) in [4.78, 5) is 12.7. The van der Waals surface area contributed by atoms with Gasteiger partial charge >= 0.3 is 0 Å². The van der Waals surface area contributed by atoms with Gasteiger partial charge in [0, 0.05) is 0 Å². The Morgan fingerprint density at radius 3 is 2.19 bits per heavy atom. The number of carbonyl (C=O) groups excluding carboxylic acids is 1. The van der Waals surface area contributed by atoms with Crippen molar-refractivity contribution in [1.82, 2.24) is 5.32 Å². The van der Waals surface area contributed by atoms with Gasteiger partial charge in [0.2, 0.25) is 0 Å². The Labute approximate surface area is 164 Å². The summed E-state index contributed by atoms with van der Waals surface area (Å²) in [5.74, 6) is 0.645. The second-order valence-electron chi connectivity index (χ2n) is 8.36. The van der Waals surface area contributed by atoms with E-state index in [9.17, 15) is 4.79 Å². The van der Waals surface area contributed by atoms with Gasteiger partial charge in [-0.05, 0) is 67.0 Å². The third-order valence-electron chi connectivity index (χ3n) is 5.05. The predicted octanol–water partition coefficient (Wildman–Crippen LogP) is 5.64.